The van der Waals surface area contributed by atoms with E-state index >= 15 is 0 Å². The van der Waals surface area contributed by atoms with Crippen LogP contribution in [0.2, 0.25) is 5.02 Å². The van der Waals surface area contributed by atoms with Crippen LogP contribution in [0, 0.1) is 0 Å². The van der Waals surface area contributed by atoms with Crippen molar-refractivity contribution >= 4 is 27.5 Å². The van der Waals surface area contributed by atoms with Gasteiger partial charge in [0.1, 0.15) is 5.75 Å². The number of piperazine rings is 1. The molecular weight excluding hydrogens is 444 g/mol. The second-order valence-electron chi connectivity index (χ2n) is 7.19. The van der Waals surface area contributed by atoms with Crippen LogP contribution in [0.3, 0.4) is 0 Å². The largest absolute Gasteiger partial charge is 0.490 e. The molecule has 166 valence electrons. The van der Waals surface area contributed by atoms with Crippen molar-refractivity contribution < 1.29 is 27.4 Å². The Hall–Kier alpha value is -2.49. The van der Waals surface area contributed by atoms with Crippen LogP contribution >= 0.6 is 11.6 Å². The fourth-order valence-electron chi connectivity index (χ4n) is 3.40. The van der Waals surface area contributed by atoms with Gasteiger partial charge in [-0.05, 0) is 36.4 Å². The first-order valence-electron chi connectivity index (χ1n) is 9.99. The summed E-state index contributed by atoms with van der Waals surface area (Å²) in [5, 5.41) is 0.588. The van der Waals surface area contributed by atoms with Gasteiger partial charge in [-0.3, -0.25) is 4.79 Å². The van der Waals surface area contributed by atoms with E-state index in [4.69, 9.17) is 25.8 Å². The predicted molar refractivity (Wildman–Crippen MR) is 114 cm³/mol. The molecule has 31 heavy (non-hydrogen) atoms. The lowest BCUT2D eigenvalue weighted by molar-refractivity contribution is -0.134. The van der Waals surface area contributed by atoms with E-state index in [0.717, 1.165) is 6.42 Å². The summed E-state index contributed by atoms with van der Waals surface area (Å²) in [5.74, 6) is 1.34. The Labute approximate surface area is 186 Å². The van der Waals surface area contributed by atoms with Gasteiger partial charge in [0.05, 0.1) is 18.1 Å². The zero-order chi connectivity index (χ0) is 21.8. The van der Waals surface area contributed by atoms with Crippen molar-refractivity contribution in [2.75, 3.05) is 46.0 Å². The highest BCUT2D eigenvalue weighted by Gasteiger charge is 2.31. The highest BCUT2D eigenvalue weighted by Crippen LogP contribution is 2.33. The van der Waals surface area contributed by atoms with Crippen molar-refractivity contribution in [3.63, 3.8) is 0 Å². The van der Waals surface area contributed by atoms with Crippen molar-refractivity contribution in [2.24, 2.45) is 0 Å². The molecule has 0 unspecified atom stereocenters. The van der Waals surface area contributed by atoms with Gasteiger partial charge in [-0.25, -0.2) is 8.42 Å². The third-order valence-electron chi connectivity index (χ3n) is 5.12. The normalized spacial score (nSPS) is 17.1. The van der Waals surface area contributed by atoms with E-state index in [1.54, 1.807) is 35.2 Å². The van der Waals surface area contributed by atoms with Gasteiger partial charge >= 0.3 is 0 Å². The van der Waals surface area contributed by atoms with Crippen molar-refractivity contribution in [1.82, 2.24) is 9.21 Å². The summed E-state index contributed by atoms with van der Waals surface area (Å²) in [6.07, 6.45) is 0.745. The molecule has 0 spiro atoms. The molecule has 2 aromatic carbocycles. The summed E-state index contributed by atoms with van der Waals surface area (Å²) in [6.45, 7) is 1.93. The molecule has 2 heterocycles. The van der Waals surface area contributed by atoms with Gasteiger partial charge in [-0.15, -0.1) is 0 Å². The number of carbonyl (C=O) groups is 1. The molecule has 0 bridgehead atoms. The summed E-state index contributed by atoms with van der Waals surface area (Å²) in [5.41, 5.74) is 0. The lowest BCUT2D eigenvalue weighted by atomic mass is 10.3. The maximum absolute atomic E-state index is 13.1. The average molecular weight is 467 g/mol. The van der Waals surface area contributed by atoms with Crippen LogP contribution in [-0.2, 0) is 14.8 Å². The number of fused-ring (bicyclic) bond motifs is 1. The smallest absolute Gasteiger partial charge is 0.260 e. The lowest BCUT2D eigenvalue weighted by Crippen LogP contribution is -2.51. The van der Waals surface area contributed by atoms with Crippen molar-refractivity contribution in [3.05, 3.63) is 47.5 Å². The number of halogens is 1. The number of benzene rings is 2. The summed E-state index contributed by atoms with van der Waals surface area (Å²) < 4.78 is 44.2. The quantitative estimate of drug-likeness (QED) is 0.672. The molecule has 0 N–H and O–H groups in total. The van der Waals surface area contributed by atoms with E-state index in [9.17, 15) is 13.2 Å². The van der Waals surface area contributed by atoms with Crippen molar-refractivity contribution in [1.29, 1.82) is 0 Å². The van der Waals surface area contributed by atoms with Crippen molar-refractivity contribution in [3.8, 4) is 17.2 Å². The molecule has 2 aliphatic heterocycles. The van der Waals surface area contributed by atoms with E-state index in [-0.39, 0.29) is 30.5 Å². The predicted octanol–water partition coefficient (Wildman–Crippen LogP) is 2.41. The molecule has 0 aliphatic carbocycles. The molecule has 2 aliphatic rings. The maximum Gasteiger partial charge on any atom is 0.260 e. The van der Waals surface area contributed by atoms with E-state index in [1.807, 2.05) is 0 Å². The fraction of sp³-hybridized carbons (Fsp3) is 0.381. The third-order valence-corrected chi connectivity index (χ3v) is 7.27. The van der Waals surface area contributed by atoms with E-state index in [2.05, 4.69) is 0 Å². The van der Waals surface area contributed by atoms with E-state index in [0.29, 0.717) is 48.6 Å². The van der Waals surface area contributed by atoms with Crippen LogP contribution in [0.25, 0.3) is 0 Å². The second kappa shape index (κ2) is 9.33. The first kappa shape index (κ1) is 21.7. The van der Waals surface area contributed by atoms with Gasteiger partial charge < -0.3 is 19.1 Å². The van der Waals surface area contributed by atoms with Gasteiger partial charge in [0.25, 0.3) is 5.91 Å². The molecule has 0 aromatic heterocycles. The van der Waals surface area contributed by atoms with Gasteiger partial charge in [-0.1, -0.05) is 11.6 Å². The number of hydrogen-bond acceptors (Lipinski definition) is 6. The SMILES string of the molecule is O=C(COc1ccc(Cl)cc1)N1CCN(S(=O)(=O)c2ccc3c(c2)OCCCO3)CC1. The summed E-state index contributed by atoms with van der Waals surface area (Å²) in [4.78, 5) is 14.2. The Morgan fingerprint density at radius 1 is 0.968 bits per heavy atom. The average Bonchev–Trinajstić information content (AvgIpc) is 3.03. The van der Waals surface area contributed by atoms with Gasteiger partial charge in [0.2, 0.25) is 10.0 Å². The molecule has 1 amide bonds. The minimum atomic E-state index is -3.70. The molecule has 4 rings (SSSR count). The Balaban J connectivity index is 1.35. The molecular formula is C21H23ClN2O6S. The first-order valence-corrected chi connectivity index (χ1v) is 11.8. The maximum atomic E-state index is 13.1. The van der Waals surface area contributed by atoms with Gasteiger partial charge in [0, 0.05) is 43.7 Å². The number of hydrogen-bond donors (Lipinski definition) is 0. The van der Waals surface area contributed by atoms with Gasteiger partial charge in [0.15, 0.2) is 18.1 Å². The number of amides is 1. The molecule has 0 saturated carbocycles. The Morgan fingerprint density at radius 2 is 1.65 bits per heavy atom. The minimum absolute atomic E-state index is 0.115. The Morgan fingerprint density at radius 3 is 2.35 bits per heavy atom. The monoisotopic (exact) mass is 466 g/mol. The Bertz CT molecular complexity index is 1040. The van der Waals surface area contributed by atoms with Crippen molar-refractivity contribution in [2.45, 2.75) is 11.3 Å². The Kier molecular flexibility index (Phi) is 6.54. The van der Waals surface area contributed by atoms with Gasteiger partial charge in [-0.2, -0.15) is 4.31 Å². The van der Waals surface area contributed by atoms with Crippen LogP contribution in [0.1, 0.15) is 6.42 Å². The molecule has 1 saturated heterocycles. The number of rotatable bonds is 5. The molecule has 0 atom stereocenters. The zero-order valence-corrected chi connectivity index (χ0v) is 18.4. The first-order chi connectivity index (χ1) is 14.9. The number of ether oxygens (including phenoxy) is 3. The highest BCUT2D eigenvalue weighted by molar-refractivity contribution is 7.89. The van der Waals surface area contributed by atoms with Crippen LogP contribution in [0.4, 0.5) is 0 Å². The standard InChI is InChI=1S/C21H23ClN2O6S/c22-16-2-4-17(5-3-16)30-15-21(25)23-8-10-24(11-9-23)31(26,27)18-6-7-19-20(14-18)29-13-1-12-28-19/h2-7,14H,1,8-13,15H2. The topological polar surface area (TPSA) is 85.4 Å². The molecule has 2 aromatic rings. The summed E-state index contributed by atoms with van der Waals surface area (Å²) in [7, 11) is -3.70. The highest BCUT2D eigenvalue weighted by atomic mass is 35.5. The number of nitrogens with zero attached hydrogens (tertiary/aromatic N) is 2. The molecule has 10 heteroatoms. The zero-order valence-electron chi connectivity index (χ0n) is 16.8. The number of sulfonamides is 1. The third kappa shape index (κ3) is 5.06. The number of carbonyl (C=O) groups excluding carboxylic acids is 1. The molecule has 8 nitrogen and oxygen atoms in total. The second-order valence-corrected chi connectivity index (χ2v) is 9.56. The van der Waals surface area contributed by atoms with E-state index in [1.165, 1.54) is 16.4 Å². The lowest BCUT2D eigenvalue weighted by Gasteiger charge is -2.34. The van der Waals surface area contributed by atoms with Crippen LogP contribution in [-0.4, -0.2) is 69.5 Å². The molecule has 1 fully saturated rings. The minimum Gasteiger partial charge on any atom is -0.490 e. The molecule has 0 radical (unpaired) electrons. The summed E-state index contributed by atoms with van der Waals surface area (Å²) >= 11 is 5.84. The van der Waals surface area contributed by atoms with Crippen LogP contribution in [0.5, 0.6) is 17.2 Å². The summed E-state index contributed by atoms with van der Waals surface area (Å²) in [6, 6.07) is 11.4. The van der Waals surface area contributed by atoms with Crippen LogP contribution in [0.15, 0.2) is 47.4 Å². The van der Waals surface area contributed by atoms with E-state index < -0.39 is 10.0 Å². The van der Waals surface area contributed by atoms with Crippen LogP contribution < -0.4 is 14.2 Å². The fourth-order valence-corrected chi connectivity index (χ4v) is 4.96.